The molecule has 4 rings (SSSR count). The summed E-state index contributed by atoms with van der Waals surface area (Å²) >= 11 is 0. The standard InChI is InChI=1S/C17H11F4N3/c1-23-9-14-13-8-11(18)4-7-15(13)24(16(14)22-23)12-5-2-10(3-6-12)17(19,20)21/h2-9H,1H3. The highest BCUT2D eigenvalue weighted by Crippen LogP contribution is 2.33. The number of halogens is 4. The summed E-state index contributed by atoms with van der Waals surface area (Å²) in [6.45, 7) is 0. The van der Waals surface area contributed by atoms with Crippen molar-refractivity contribution < 1.29 is 17.6 Å². The van der Waals surface area contributed by atoms with Crippen LogP contribution < -0.4 is 0 Å². The van der Waals surface area contributed by atoms with Crippen molar-refractivity contribution in [3.05, 3.63) is 60.0 Å². The second-order valence-electron chi connectivity index (χ2n) is 5.58. The minimum absolute atomic E-state index is 0.377. The molecule has 2 heterocycles. The fourth-order valence-electron chi connectivity index (χ4n) is 2.93. The molecule has 0 bridgehead atoms. The summed E-state index contributed by atoms with van der Waals surface area (Å²) in [5, 5.41) is 5.77. The van der Waals surface area contributed by atoms with E-state index in [9.17, 15) is 17.6 Å². The van der Waals surface area contributed by atoms with Crippen LogP contribution in [-0.4, -0.2) is 14.3 Å². The molecule has 2 aromatic heterocycles. The van der Waals surface area contributed by atoms with E-state index in [-0.39, 0.29) is 5.82 Å². The highest BCUT2D eigenvalue weighted by Gasteiger charge is 2.30. The van der Waals surface area contributed by atoms with Crippen molar-refractivity contribution in [3.63, 3.8) is 0 Å². The van der Waals surface area contributed by atoms with Gasteiger partial charge in [0, 0.05) is 29.7 Å². The smallest absolute Gasteiger partial charge is 0.292 e. The van der Waals surface area contributed by atoms with Crippen molar-refractivity contribution in [2.45, 2.75) is 6.18 Å². The maximum Gasteiger partial charge on any atom is 0.416 e. The van der Waals surface area contributed by atoms with Gasteiger partial charge in [0.25, 0.3) is 0 Å². The van der Waals surface area contributed by atoms with E-state index in [4.69, 9.17) is 0 Å². The van der Waals surface area contributed by atoms with Gasteiger partial charge < -0.3 is 0 Å². The van der Waals surface area contributed by atoms with Crippen LogP contribution in [0, 0.1) is 5.82 Å². The Morgan fingerprint density at radius 1 is 0.958 bits per heavy atom. The Kier molecular flexibility index (Phi) is 2.97. The summed E-state index contributed by atoms with van der Waals surface area (Å²) in [6, 6.07) is 9.16. The quantitative estimate of drug-likeness (QED) is 0.464. The Morgan fingerprint density at radius 3 is 2.33 bits per heavy atom. The largest absolute Gasteiger partial charge is 0.416 e. The van der Waals surface area contributed by atoms with Crippen LogP contribution >= 0.6 is 0 Å². The average Bonchev–Trinajstić information content (AvgIpc) is 3.02. The number of alkyl halides is 3. The molecule has 2 aromatic carbocycles. The number of benzene rings is 2. The van der Waals surface area contributed by atoms with Gasteiger partial charge in [-0.1, -0.05) is 0 Å². The number of fused-ring (bicyclic) bond motifs is 3. The Balaban J connectivity index is 2.01. The summed E-state index contributed by atoms with van der Waals surface area (Å²) in [5.41, 5.74) is 1.08. The van der Waals surface area contributed by atoms with Gasteiger partial charge in [-0.3, -0.25) is 9.25 Å². The van der Waals surface area contributed by atoms with Gasteiger partial charge in [0.15, 0.2) is 5.65 Å². The van der Waals surface area contributed by atoms with Crippen molar-refractivity contribution >= 4 is 21.9 Å². The molecular formula is C17H11F4N3. The Bertz CT molecular complexity index is 1060. The zero-order valence-corrected chi connectivity index (χ0v) is 12.5. The molecule has 0 N–H and O–H groups in total. The number of nitrogens with zero attached hydrogens (tertiary/aromatic N) is 3. The predicted molar refractivity (Wildman–Crippen MR) is 82.5 cm³/mol. The van der Waals surface area contributed by atoms with E-state index in [2.05, 4.69) is 5.10 Å². The van der Waals surface area contributed by atoms with Gasteiger partial charge in [-0.2, -0.15) is 18.3 Å². The third-order valence-corrected chi connectivity index (χ3v) is 3.96. The molecular weight excluding hydrogens is 322 g/mol. The van der Waals surface area contributed by atoms with Crippen LogP contribution in [0.5, 0.6) is 0 Å². The topological polar surface area (TPSA) is 22.8 Å². The Labute approximate surface area is 133 Å². The van der Waals surface area contributed by atoms with Gasteiger partial charge >= 0.3 is 6.18 Å². The molecule has 0 atom stereocenters. The number of hydrogen-bond donors (Lipinski definition) is 0. The lowest BCUT2D eigenvalue weighted by Gasteiger charge is -2.10. The molecule has 0 fully saturated rings. The maximum absolute atomic E-state index is 13.6. The van der Waals surface area contributed by atoms with Gasteiger partial charge in [0.1, 0.15) is 5.82 Å². The van der Waals surface area contributed by atoms with E-state index in [1.165, 1.54) is 24.3 Å². The average molecular weight is 333 g/mol. The van der Waals surface area contributed by atoms with Gasteiger partial charge in [0.05, 0.1) is 11.1 Å². The van der Waals surface area contributed by atoms with Crippen molar-refractivity contribution in [1.82, 2.24) is 14.3 Å². The molecule has 0 aliphatic carbocycles. The third-order valence-electron chi connectivity index (χ3n) is 3.96. The van der Waals surface area contributed by atoms with Crippen molar-refractivity contribution in [2.24, 2.45) is 7.05 Å². The van der Waals surface area contributed by atoms with Crippen LogP contribution in [0.15, 0.2) is 48.7 Å². The molecule has 0 saturated carbocycles. The summed E-state index contributed by atoms with van der Waals surface area (Å²) in [4.78, 5) is 0. The molecule has 0 spiro atoms. The van der Waals surface area contributed by atoms with E-state index >= 15 is 0 Å². The molecule has 0 aliphatic rings. The second-order valence-corrected chi connectivity index (χ2v) is 5.58. The first-order valence-corrected chi connectivity index (χ1v) is 7.15. The number of rotatable bonds is 1. The summed E-state index contributed by atoms with van der Waals surface area (Å²) < 4.78 is 55.2. The van der Waals surface area contributed by atoms with Crippen molar-refractivity contribution in [1.29, 1.82) is 0 Å². The number of aryl methyl sites for hydroxylation is 1. The molecule has 0 saturated heterocycles. The van der Waals surface area contributed by atoms with E-state index in [0.29, 0.717) is 22.2 Å². The predicted octanol–water partition coefficient (Wildman–Crippen LogP) is 4.68. The Morgan fingerprint density at radius 2 is 1.67 bits per heavy atom. The number of hydrogen-bond acceptors (Lipinski definition) is 1. The minimum atomic E-state index is -4.39. The fraction of sp³-hybridized carbons (Fsp3) is 0.118. The highest BCUT2D eigenvalue weighted by atomic mass is 19.4. The van der Waals surface area contributed by atoms with Crippen LogP contribution in [0.25, 0.3) is 27.6 Å². The van der Waals surface area contributed by atoms with Gasteiger partial charge in [-0.25, -0.2) is 4.39 Å². The molecule has 0 unspecified atom stereocenters. The molecule has 3 nitrogen and oxygen atoms in total. The van der Waals surface area contributed by atoms with Crippen LogP contribution in [-0.2, 0) is 13.2 Å². The highest BCUT2D eigenvalue weighted by molar-refractivity contribution is 6.07. The van der Waals surface area contributed by atoms with Gasteiger partial charge in [-0.15, -0.1) is 0 Å². The van der Waals surface area contributed by atoms with Crippen molar-refractivity contribution in [2.75, 3.05) is 0 Å². The van der Waals surface area contributed by atoms with E-state index < -0.39 is 11.7 Å². The molecule has 7 heteroatoms. The lowest BCUT2D eigenvalue weighted by atomic mass is 10.2. The van der Waals surface area contributed by atoms with E-state index in [1.807, 2.05) is 0 Å². The Hall–Kier alpha value is -2.83. The monoisotopic (exact) mass is 333 g/mol. The van der Waals surface area contributed by atoms with Crippen LogP contribution in [0.3, 0.4) is 0 Å². The van der Waals surface area contributed by atoms with Crippen LogP contribution in [0.1, 0.15) is 5.56 Å². The lowest BCUT2D eigenvalue weighted by Crippen LogP contribution is -2.05. The van der Waals surface area contributed by atoms with Crippen LogP contribution in [0.2, 0.25) is 0 Å². The van der Waals surface area contributed by atoms with Crippen molar-refractivity contribution in [3.8, 4) is 5.69 Å². The molecule has 0 radical (unpaired) electrons. The van der Waals surface area contributed by atoms with E-state index in [1.54, 1.807) is 28.6 Å². The van der Waals surface area contributed by atoms with E-state index in [0.717, 1.165) is 17.5 Å². The first-order chi connectivity index (χ1) is 11.3. The molecule has 24 heavy (non-hydrogen) atoms. The molecule has 4 aromatic rings. The summed E-state index contributed by atoms with van der Waals surface area (Å²) in [6.07, 6.45) is -2.63. The maximum atomic E-state index is 13.6. The normalized spacial score (nSPS) is 12.4. The molecule has 122 valence electrons. The van der Waals surface area contributed by atoms with Gasteiger partial charge in [0.2, 0.25) is 0 Å². The SMILES string of the molecule is Cn1cc2c3cc(F)ccc3n(-c3ccc(C(F)(F)F)cc3)c2n1. The molecule has 0 amide bonds. The second kappa shape index (κ2) is 4.83. The fourth-order valence-corrected chi connectivity index (χ4v) is 2.93. The first-order valence-electron chi connectivity index (χ1n) is 7.15. The first kappa shape index (κ1) is 14.7. The van der Waals surface area contributed by atoms with Gasteiger partial charge in [-0.05, 0) is 42.5 Å². The summed E-state index contributed by atoms with van der Waals surface area (Å²) in [5.74, 6) is -0.377. The third kappa shape index (κ3) is 2.16. The summed E-state index contributed by atoms with van der Waals surface area (Å²) in [7, 11) is 1.74. The number of aromatic nitrogens is 3. The zero-order valence-electron chi connectivity index (χ0n) is 12.5. The minimum Gasteiger partial charge on any atom is -0.292 e. The van der Waals surface area contributed by atoms with Crippen LogP contribution in [0.4, 0.5) is 17.6 Å². The molecule has 0 aliphatic heterocycles. The zero-order chi connectivity index (χ0) is 17.1. The lowest BCUT2D eigenvalue weighted by molar-refractivity contribution is -0.137.